The van der Waals surface area contributed by atoms with Gasteiger partial charge in [0.25, 0.3) is 0 Å². The van der Waals surface area contributed by atoms with E-state index in [4.69, 9.17) is 4.74 Å². The maximum Gasteiger partial charge on any atom is 0.407 e. The van der Waals surface area contributed by atoms with E-state index in [1.165, 1.54) is 11.5 Å². The highest BCUT2D eigenvalue weighted by molar-refractivity contribution is 7.03. The van der Waals surface area contributed by atoms with Crippen LogP contribution in [0.15, 0.2) is 29.6 Å². The Hall–Kier alpha value is -1.99. The quantitative estimate of drug-likeness (QED) is 0.849. The molecule has 0 atom stereocenters. The normalized spacial score (nSPS) is 11.3. The summed E-state index contributed by atoms with van der Waals surface area (Å²) in [6, 6.07) is 7.98. The van der Waals surface area contributed by atoms with Crippen LogP contribution in [0.1, 0.15) is 37.6 Å². The molecule has 0 aliphatic carbocycles. The summed E-state index contributed by atoms with van der Waals surface area (Å²) < 4.78 is 9.08. The molecule has 0 aliphatic heterocycles. The molecule has 0 unspecified atom stereocenters. The number of carbonyl (C=O) groups is 1. The van der Waals surface area contributed by atoms with Gasteiger partial charge in [0.05, 0.1) is 5.69 Å². The molecule has 1 aromatic carbocycles. The second-order valence-electron chi connectivity index (χ2n) is 6.12. The summed E-state index contributed by atoms with van der Waals surface area (Å²) in [5.74, 6) is 0. The highest BCUT2D eigenvalue weighted by Crippen LogP contribution is 2.10. The Morgan fingerprint density at radius 2 is 1.87 bits per heavy atom. The molecule has 2 rings (SSSR count). The van der Waals surface area contributed by atoms with E-state index in [1.807, 2.05) is 50.4 Å². The molecule has 1 heterocycles. The molecule has 0 radical (unpaired) electrons. The van der Waals surface area contributed by atoms with Gasteiger partial charge in [-0.25, -0.2) is 4.79 Å². The summed E-state index contributed by atoms with van der Waals surface area (Å²) in [7, 11) is 0. The molecule has 0 bridgehead atoms. The zero-order valence-corrected chi connectivity index (χ0v) is 14.4. The molecule has 6 nitrogen and oxygen atoms in total. The number of hydrogen-bond acceptors (Lipinski definition) is 6. The van der Waals surface area contributed by atoms with Crippen LogP contribution in [0.2, 0.25) is 0 Å². The van der Waals surface area contributed by atoms with Crippen LogP contribution in [0.25, 0.3) is 0 Å². The van der Waals surface area contributed by atoms with Crippen molar-refractivity contribution in [3.8, 4) is 0 Å². The van der Waals surface area contributed by atoms with Gasteiger partial charge in [0, 0.05) is 25.0 Å². The van der Waals surface area contributed by atoms with Crippen LogP contribution < -0.4 is 10.6 Å². The van der Waals surface area contributed by atoms with E-state index >= 15 is 0 Å². The predicted molar refractivity (Wildman–Crippen MR) is 90.0 cm³/mol. The van der Waals surface area contributed by atoms with Crippen molar-refractivity contribution >= 4 is 17.6 Å². The molecule has 124 valence electrons. The first-order valence-electron chi connectivity index (χ1n) is 7.44. The first-order valence-corrected chi connectivity index (χ1v) is 8.28. The van der Waals surface area contributed by atoms with Gasteiger partial charge in [-0.3, -0.25) is 0 Å². The van der Waals surface area contributed by atoms with E-state index in [9.17, 15) is 4.79 Å². The molecule has 0 saturated heterocycles. The molecule has 1 aromatic heterocycles. The summed E-state index contributed by atoms with van der Waals surface area (Å²) in [5, 5.41) is 12.0. The lowest BCUT2D eigenvalue weighted by Crippen LogP contribution is -2.32. The van der Waals surface area contributed by atoms with E-state index in [-0.39, 0.29) is 0 Å². The van der Waals surface area contributed by atoms with Gasteiger partial charge in [0.1, 0.15) is 5.60 Å². The fourth-order valence-electron chi connectivity index (χ4n) is 1.97. The molecule has 0 spiro atoms. The van der Waals surface area contributed by atoms with Crippen LogP contribution >= 0.6 is 11.5 Å². The molecular weight excluding hydrogens is 312 g/mol. The number of aromatic nitrogens is 2. The van der Waals surface area contributed by atoms with Crippen molar-refractivity contribution in [2.24, 2.45) is 0 Å². The van der Waals surface area contributed by atoms with E-state index in [2.05, 4.69) is 20.2 Å². The number of nitrogens with one attached hydrogen (secondary N) is 2. The fraction of sp³-hybridized carbons (Fsp3) is 0.438. The van der Waals surface area contributed by atoms with Crippen molar-refractivity contribution in [3.05, 3.63) is 46.5 Å². The first-order chi connectivity index (χ1) is 10.9. The predicted octanol–water partition coefficient (Wildman–Crippen LogP) is 2.85. The minimum atomic E-state index is -0.493. The van der Waals surface area contributed by atoms with Gasteiger partial charge in [0.2, 0.25) is 0 Å². The Bertz CT molecular complexity index is 623. The number of rotatable bonds is 6. The molecule has 2 aromatic rings. The third-order valence-corrected chi connectivity index (χ3v) is 3.52. The molecule has 0 saturated carbocycles. The lowest BCUT2D eigenvalue weighted by atomic mass is 10.1. The number of alkyl carbamates (subject to hydrolysis) is 1. The average Bonchev–Trinajstić information content (AvgIpc) is 2.98. The molecule has 7 heteroatoms. The van der Waals surface area contributed by atoms with Crippen LogP contribution in [0.3, 0.4) is 0 Å². The van der Waals surface area contributed by atoms with Crippen molar-refractivity contribution in [2.45, 2.75) is 46.0 Å². The SMILES string of the molecule is CC(C)(C)OC(=O)NCc1ccccc1CNCc1csnn1. The summed E-state index contributed by atoms with van der Waals surface area (Å²) in [4.78, 5) is 11.7. The summed E-state index contributed by atoms with van der Waals surface area (Å²) in [6.07, 6.45) is -0.409. The van der Waals surface area contributed by atoms with Gasteiger partial charge >= 0.3 is 6.09 Å². The van der Waals surface area contributed by atoms with Gasteiger partial charge in [-0.15, -0.1) is 5.10 Å². The molecule has 23 heavy (non-hydrogen) atoms. The van der Waals surface area contributed by atoms with E-state index < -0.39 is 11.7 Å². The fourth-order valence-corrected chi connectivity index (χ4v) is 2.42. The number of benzene rings is 1. The monoisotopic (exact) mass is 334 g/mol. The number of ether oxygens (including phenoxy) is 1. The van der Waals surface area contributed by atoms with Crippen LogP contribution in [-0.2, 0) is 24.4 Å². The lowest BCUT2D eigenvalue weighted by Gasteiger charge is -2.20. The Morgan fingerprint density at radius 1 is 1.17 bits per heavy atom. The third kappa shape index (κ3) is 6.33. The Labute approximate surface area is 140 Å². The standard InChI is InChI=1S/C16H22N4O2S/c1-16(2,3)22-15(21)18-9-13-7-5-4-6-12(13)8-17-10-14-11-23-20-19-14/h4-7,11,17H,8-10H2,1-3H3,(H,18,21). The minimum absolute atomic E-state index is 0.409. The van der Waals surface area contributed by atoms with Crippen molar-refractivity contribution in [1.29, 1.82) is 0 Å². The van der Waals surface area contributed by atoms with Crippen molar-refractivity contribution in [2.75, 3.05) is 0 Å². The molecule has 2 N–H and O–H groups in total. The van der Waals surface area contributed by atoms with Gasteiger partial charge in [-0.1, -0.05) is 28.8 Å². The third-order valence-electron chi connectivity index (χ3n) is 2.97. The van der Waals surface area contributed by atoms with Crippen LogP contribution in [0.4, 0.5) is 4.79 Å². The Kier molecular flexibility index (Phi) is 6.06. The van der Waals surface area contributed by atoms with Crippen molar-refractivity contribution < 1.29 is 9.53 Å². The maximum absolute atomic E-state index is 11.7. The first kappa shape index (κ1) is 17.4. The average molecular weight is 334 g/mol. The number of hydrogen-bond donors (Lipinski definition) is 2. The largest absolute Gasteiger partial charge is 0.444 e. The molecule has 1 amide bonds. The van der Waals surface area contributed by atoms with Crippen molar-refractivity contribution in [3.63, 3.8) is 0 Å². The van der Waals surface area contributed by atoms with Crippen molar-refractivity contribution in [1.82, 2.24) is 20.2 Å². The van der Waals surface area contributed by atoms with E-state index in [1.54, 1.807) is 0 Å². The van der Waals surface area contributed by atoms with Gasteiger partial charge in [-0.05, 0) is 43.4 Å². The second kappa shape index (κ2) is 8.03. The highest BCUT2D eigenvalue weighted by Gasteiger charge is 2.16. The van der Waals surface area contributed by atoms with Crippen LogP contribution in [-0.4, -0.2) is 21.3 Å². The molecular formula is C16H22N4O2S. The second-order valence-corrected chi connectivity index (χ2v) is 6.73. The summed E-state index contributed by atoms with van der Waals surface area (Å²) >= 11 is 1.34. The van der Waals surface area contributed by atoms with E-state index in [0.717, 1.165) is 16.8 Å². The highest BCUT2D eigenvalue weighted by atomic mass is 32.1. The topological polar surface area (TPSA) is 76.1 Å². The van der Waals surface area contributed by atoms with Gasteiger partial charge < -0.3 is 15.4 Å². The van der Waals surface area contributed by atoms with Crippen LogP contribution in [0.5, 0.6) is 0 Å². The Balaban J connectivity index is 1.85. The number of nitrogens with zero attached hydrogens (tertiary/aromatic N) is 2. The van der Waals surface area contributed by atoms with Crippen LogP contribution in [0, 0.1) is 0 Å². The maximum atomic E-state index is 11.7. The summed E-state index contributed by atoms with van der Waals surface area (Å²) in [6.45, 7) is 7.34. The molecule has 0 fully saturated rings. The Morgan fingerprint density at radius 3 is 2.48 bits per heavy atom. The number of carbonyl (C=O) groups excluding carboxylic acids is 1. The minimum Gasteiger partial charge on any atom is -0.444 e. The van der Waals surface area contributed by atoms with Gasteiger partial charge in [-0.2, -0.15) is 0 Å². The zero-order valence-electron chi connectivity index (χ0n) is 13.6. The molecule has 0 aliphatic rings. The zero-order chi connectivity index (χ0) is 16.7. The number of amides is 1. The lowest BCUT2D eigenvalue weighted by molar-refractivity contribution is 0.0523. The summed E-state index contributed by atoms with van der Waals surface area (Å²) in [5.41, 5.74) is 2.63. The van der Waals surface area contributed by atoms with Gasteiger partial charge in [0.15, 0.2) is 0 Å². The smallest absolute Gasteiger partial charge is 0.407 e. The van der Waals surface area contributed by atoms with E-state index in [0.29, 0.717) is 19.6 Å².